The molecule has 0 saturated carbocycles. The van der Waals surface area contributed by atoms with Crippen molar-refractivity contribution in [2.24, 2.45) is 0 Å². The largest absolute Gasteiger partial charge is 0.385 e. The maximum atomic E-state index is 14.0. The molecule has 5 heteroatoms. The number of aryl methyl sites for hydroxylation is 1. The van der Waals surface area contributed by atoms with Crippen LogP contribution in [0, 0.1) is 12.7 Å². The maximum absolute atomic E-state index is 14.0. The molecule has 3 nitrogen and oxygen atoms in total. The molecule has 1 aromatic rings. The van der Waals surface area contributed by atoms with Gasteiger partial charge in [0.1, 0.15) is 5.82 Å². The fourth-order valence-electron chi connectivity index (χ4n) is 3.46. The number of benzene rings is 1. The van der Waals surface area contributed by atoms with Gasteiger partial charge in [-0.05, 0) is 44.2 Å². The van der Waals surface area contributed by atoms with Gasteiger partial charge in [-0.15, -0.1) is 0 Å². The van der Waals surface area contributed by atoms with Crippen LogP contribution in [-0.2, 0) is 15.4 Å². The van der Waals surface area contributed by atoms with E-state index in [1.807, 2.05) is 0 Å². The van der Waals surface area contributed by atoms with Crippen molar-refractivity contribution >= 4 is 9.84 Å². The van der Waals surface area contributed by atoms with E-state index in [0.29, 0.717) is 12.8 Å². The summed E-state index contributed by atoms with van der Waals surface area (Å²) in [6.45, 7) is 1.78. The van der Waals surface area contributed by atoms with Crippen LogP contribution in [0.15, 0.2) is 18.2 Å². The highest BCUT2D eigenvalue weighted by atomic mass is 32.2. The highest BCUT2D eigenvalue weighted by Gasteiger charge is 2.53. The monoisotopic (exact) mass is 284 g/mol. The Balaban J connectivity index is 2.02. The molecule has 19 heavy (non-hydrogen) atoms. The standard InChI is InChI=1S/C14H17FO3S/c1-9-2-5-12(13(15)6-9)14(16)7-10-3-4-11(8-14)19(10,17)18/h2,5-6,10-11,16H,3-4,7-8H2,1H3. The number of sulfone groups is 1. The van der Waals surface area contributed by atoms with Crippen LogP contribution in [0.3, 0.4) is 0 Å². The first-order valence-corrected chi connectivity index (χ1v) is 8.15. The molecule has 2 heterocycles. The molecule has 3 rings (SSSR count). The van der Waals surface area contributed by atoms with Gasteiger partial charge in [-0.3, -0.25) is 0 Å². The van der Waals surface area contributed by atoms with E-state index in [1.54, 1.807) is 19.1 Å². The van der Waals surface area contributed by atoms with E-state index < -0.39 is 31.8 Å². The van der Waals surface area contributed by atoms with Gasteiger partial charge < -0.3 is 5.11 Å². The summed E-state index contributed by atoms with van der Waals surface area (Å²) in [4.78, 5) is 0. The van der Waals surface area contributed by atoms with E-state index >= 15 is 0 Å². The van der Waals surface area contributed by atoms with Crippen LogP contribution in [0.25, 0.3) is 0 Å². The lowest BCUT2D eigenvalue weighted by Crippen LogP contribution is -2.43. The number of fused-ring (bicyclic) bond motifs is 2. The third-order valence-corrected chi connectivity index (χ3v) is 7.16. The molecule has 0 spiro atoms. The van der Waals surface area contributed by atoms with Gasteiger partial charge in [0.05, 0.1) is 16.1 Å². The van der Waals surface area contributed by atoms with E-state index in [1.165, 1.54) is 6.07 Å². The first kappa shape index (κ1) is 13.1. The molecular formula is C14H17FO3S. The SMILES string of the molecule is Cc1ccc(C2(O)CC3CCC(C2)S3(=O)=O)c(F)c1. The second kappa shape index (κ2) is 4.03. The molecular weight excluding hydrogens is 267 g/mol. The summed E-state index contributed by atoms with van der Waals surface area (Å²) in [5.74, 6) is -0.443. The highest BCUT2D eigenvalue weighted by Crippen LogP contribution is 2.48. The van der Waals surface area contributed by atoms with Crippen molar-refractivity contribution in [3.05, 3.63) is 35.1 Å². The van der Waals surface area contributed by atoms with Crippen LogP contribution < -0.4 is 0 Å². The smallest absolute Gasteiger partial charge is 0.156 e. The molecule has 2 atom stereocenters. The minimum Gasteiger partial charge on any atom is -0.385 e. The Bertz CT molecular complexity index is 604. The lowest BCUT2D eigenvalue weighted by atomic mass is 9.85. The van der Waals surface area contributed by atoms with E-state index in [0.717, 1.165) is 5.56 Å². The average Bonchev–Trinajstić information content (AvgIpc) is 2.50. The zero-order chi connectivity index (χ0) is 13.8. The first-order chi connectivity index (χ1) is 8.83. The molecule has 1 N–H and O–H groups in total. The average molecular weight is 284 g/mol. The van der Waals surface area contributed by atoms with Gasteiger partial charge in [-0.2, -0.15) is 0 Å². The van der Waals surface area contributed by atoms with Crippen LogP contribution in [-0.4, -0.2) is 24.0 Å². The third kappa shape index (κ3) is 1.91. The van der Waals surface area contributed by atoms with E-state index in [9.17, 15) is 17.9 Å². The quantitative estimate of drug-likeness (QED) is 0.859. The Hall–Kier alpha value is -0.940. The maximum Gasteiger partial charge on any atom is 0.156 e. The topological polar surface area (TPSA) is 54.4 Å². The molecule has 2 aliphatic heterocycles. The summed E-state index contributed by atoms with van der Waals surface area (Å²) in [7, 11) is -3.11. The summed E-state index contributed by atoms with van der Waals surface area (Å²) >= 11 is 0. The molecule has 0 amide bonds. The first-order valence-electron chi connectivity index (χ1n) is 6.55. The summed E-state index contributed by atoms with van der Waals surface area (Å²) < 4.78 is 38.1. The van der Waals surface area contributed by atoms with Crippen molar-refractivity contribution < 1.29 is 17.9 Å². The van der Waals surface area contributed by atoms with Crippen molar-refractivity contribution in [3.63, 3.8) is 0 Å². The number of halogens is 1. The van der Waals surface area contributed by atoms with E-state index in [2.05, 4.69) is 0 Å². The molecule has 2 bridgehead atoms. The van der Waals surface area contributed by atoms with Gasteiger partial charge >= 0.3 is 0 Å². The number of hydrogen-bond acceptors (Lipinski definition) is 3. The zero-order valence-electron chi connectivity index (χ0n) is 10.8. The summed E-state index contributed by atoms with van der Waals surface area (Å²) in [5, 5.41) is 9.69. The second-order valence-electron chi connectivity index (χ2n) is 5.83. The highest BCUT2D eigenvalue weighted by molar-refractivity contribution is 7.93. The minimum absolute atomic E-state index is 0.117. The van der Waals surface area contributed by atoms with Crippen LogP contribution in [0.1, 0.15) is 36.8 Å². The van der Waals surface area contributed by atoms with Gasteiger partial charge in [0, 0.05) is 5.56 Å². The van der Waals surface area contributed by atoms with Gasteiger partial charge in [0.15, 0.2) is 9.84 Å². The Labute approximate surface area is 112 Å². The van der Waals surface area contributed by atoms with Crippen LogP contribution in [0.2, 0.25) is 0 Å². The van der Waals surface area contributed by atoms with Crippen LogP contribution >= 0.6 is 0 Å². The molecule has 0 aromatic heterocycles. The molecule has 1 aromatic carbocycles. The predicted molar refractivity (Wildman–Crippen MR) is 70.0 cm³/mol. The van der Waals surface area contributed by atoms with Gasteiger partial charge in [-0.25, -0.2) is 12.8 Å². The van der Waals surface area contributed by atoms with Crippen LogP contribution in [0.5, 0.6) is 0 Å². The predicted octanol–water partition coefficient (Wildman–Crippen LogP) is 2.06. The Morgan fingerprint density at radius 1 is 1.26 bits per heavy atom. The lowest BCUT2D eigenvalue weighted by molar-refractivity contribution is 0.0139. The van der Waals surface area contributed by atoms with Crippen molar-refractivity contribution in [1.29, 1.82) is 0 Å². The van der Waals surface area contributed by atoms with Crippen molar-refractivity contribution in [2.45, 2.75) is 48.7 Å². The van der Waals surface area contributed by atoms with Crippen LogP contribution in [0.4, 0.5) is 4.39 Å². The molecule has 104 valence electrons. The fraction of sp³-hybridized carbons (Fsp3) is 0.571. The van der Waals surface area contributed by atoms with Crippen molar-refractivity contribution in [1.82, 2.24) is 0 Å². The minimum atomic E-state index is -3.11. The Morgan fingerprint density at radius 3 is 2.37 bits per heavy atom. The van der Waals surface area contributed by atoms with E-state index in [4.69, 9.17) is 0 Å². The molecule has 2 fully saturated rings. The fourth-order valence-corrected chi connectivity index (χ4v) is 5.95. The molecule has 2 unspecified atom stereocenters. The number of hydrogen-bond donors (Lipinski definition) is 1. The second-order valence-corrected chi connectivity index (χ2v) is 8.34. The Morgan fingerprint density at radius 2 is 1.84 bits per heavy atom. The normalized spacial score (nSPS) is 36.4. The number of rotatable bonds is 1. The molecule has 0 aliphatic carbocycles. The van der Waals surface area contributed by atoms with E-state index in [-0.39, 0.29) is 18.4 Å². The third-order valence-electron chi connectivity index (χ3n) is 4.50. The molecule has 0 radical (unpaired) electrons. The zero-order valence-corrected chi connectivity index (χ0v) is 11.6. The van der Waals surface area contributed by atoms with Crippen molar-refractivity contribution in [2.75, 3.05) is 0 Å². The lowest BCUT2D eigenvalue weighted by Gasteiger charge is -2.36. The molecule has 2 aliphatic rings. The van der Waals surface area contributed by atoms with Crippen molar-refractivity contribution in [3.8, 4) is 0 Å². The van der Waals surface area contributed by atoms with Gasteiger partial charge in [0.2, 0.25) is 0 Å². The Kier molecular flexibility index (Phi) is 2.77. The summed E-state index contributed by atoms with van der Waals surface area (Å²) in [6.07, 6.45) is 1.41. The van der Waals surface area contributed by atoms with Gasteiger partial charge in [-0.1, -0.05) is 12.1 Å². The molecule has 2 saturated heterocycles. The summed E-state index contributed by atoms with van der Waals surface area (Å²) in [6, 6.07) is 4.72. The summed E-state index contributed by atoms with van der Waals surface area (Å²) in [5.41, 5.74) is -0.310. The number of aliphatic hydroxyl groups is 1. The van der Waals surface area contributed by atoms with Gasteiger partial charge in [0.25, 0.3) is 0 Å².